The smallest absolute Gasteiger partial charge is 0.165 e. The summed E-state index contributed by atoms with van der Waals surface area (Å²) in [6.07, 6.45) is 2.36. The molecule has 3 heteroatoms. The van der Waals surface area contributed by atoms with Crippen LogP contribution in [0, 0.1) is 11.7 Å². The second-order valence-corrected chi connectivity index (χ2v) is 5.20. The molecule has 0 aliphatic carbocycles. The number of rotatable bonds is 2. The molecule has 0 saturated carbocycles. The fourth-order valence-electron chi connectivity index (χ4n) is 2.60. The van der Waals surface area contributed by atoms with Crippen molar-refractivity contribution < 1.29 is 9.50 Å². The molecule has 1 saturated heterocycles. The topological polar surface area (TPSA) is 23.5 Å². The number of halogens is 1. The molecule has 2 rings (SSSR count). The molecule has 0 radical (unpaired) electrons. The van der Waals surface area contributed by atoms with Crippen LogP contribution in [0.1, 0.15) is 32.3 Å². The Morgan fingerprint density at radius 3 is 2.88 bits per heavy atom. The normalized spacial score (nSPS) is 26.1. The standard InChI is InChI=1S/C14H20FNO/c1-10-6-7-16(11(2)8-10)9-12-4-3-5-13(15)14(12)17/h3-5,10-11,17H,6-9H2,1-2H3. The fourth-order valence-corrected chi connectivity index (χ4v) is 2.60. The monoisotopic (exact) mass is 237 g/mol. The molecular formula is C14H20FNO. The van der Waals surface area contributed by atoms with Crippen molar-refractivity contribution in [2.75, 3.05) is 6.54 Å². The minimum absolute atomic E-state index is 0.196. The first-order chi connectivity index (χ1) is 8.08. The highest BCUT2D eigenvalue weighted by Crippen LogP contribution is 2.27. The number of phenols is 1. The summed E-state index contributed by atoms with van der Waals surface area (Å²) in [4.78, 5) is 2.31. The largest absolute Gasteiger partial charge is 0.505 e. The number of hydrogen-bond acceptors (Lipinski definition) is 2. The molecule has 1 N–H and O–H groups in total. The molecule has 1 aliphatic heterocycles. The van der Waals surface area contributed by atoms with Crippen LogP contribution in [0.3, 0.4) is 0 Å². The Hall–Kier alpha value is -1.09. The first-order valence-corrected chi connectivity index (χ1v) is 6.28. The van der Waals surface area contributed by atoms with Crippen LogP contribution in [0.15, 0.2) is 18.2 Å². The Kier molecular flexibility index (Phi) is 3.67. The van der Waals surface area contributed by atoms with Crippen LogP contribution in [0.2, 0.25) is 0 Å². The van der Waals surface area contributed by atoms with E-state index in [0.29, 0.717) is 18.2 Å². The Bertz CT molecular complexity index is 394. The van der Waals surface area contributed by atoms with Gasteiger partial charge in [-0.2, -0.15) is 0 Å². The predicted molar refractivity (Wildman–Crippen MR) is 66.3 cm³/mol. The van der Waals surface area contributed by atoms with Crippen molar-refractivity contribution in [1.82, 2.24) is 4.90 Å². The lowest BCUT2D eigenvalue weighted by molar-refractivity contribution is 0.121. The van der Waals surface area contributed by atoms with Gasteiger partial charge < -0.3 is 5.11 Å². The summed E-state index contributed by atoms with van der Waals surface area (Å²) in [6.45, 7) is 6.13. The third-order valence-corrected chi connectivity index (χ3v) is 3.72. The highest BCUT2D eigenvalue weighted by atomic mass is 19.1. The fraction of sp³-hybridized carbons (Fsp3) is 0.571. The van der Waals surface area contributed by atoms with Gasteiger partial charge in [-0.1, -0.05) is 19.1 Å². The SMILES string of the molecule is CC1CCN(Cc2cccc(F)c2O)C(C)C1. The Balaban J connectivity index is 2.08. The van der Waals surface area contributed by atoms with Gasteiger partial charge in [0.2, 0.25) is 0 Å². The van der Waals surface area contributed by atoms with Gasteiger partial charge in [-0.3, -0.25) is 4.90 Å². The van der Waals surface area contributed by atoms with Gasteiger partial charge >= 0.3 is 0 Å². The average molecular weight is 237 g/mol. The molecule has 94 valence electrons. The molecule has 0 bridgehead atoms. The maximum absolute atomic E-state index is 13.2. The molecule has 0 amide bonds. The van der Waals surface area contributed by atoms with Crippen LogP contribution in [-0.2, 0) is 6.54 Å². The van der Waals surface area contributed by atoms with Gasteiger partial charge in [0.1, 0.15) is 0 Å². The number of phenolic OH excluding ortho intramolecular Hbond substituents is 1. The third-order valence-electron chi connectivity index (χ3n) is 3.72. The van der Waals surface area contributed by atoms with E-state index in [4.69, 9.17) is 0 Å². The first kappa shape index (κ1) is 12.4. The van der Waals surface area contributed by atoms with Gasteiger partial charge in [0.15, 0.2) is 11.6 Å². The molecule has 1 fully saturated rings. The zero-order valence-electron chi connectivity index (χ0n) is 10.5. The van der Waals surface area contributed by atoms with Gasteiger partial charge in [0.25, 0.3) is 0 Å². The second-order valence-electron chi connectivity index (χ2n) is 5.20. The molecule has 2 unspecified atom stereocenters. The van der Waals surface area contributed by atoms with Crippen molar-refractivity contribution in [2.24, 2.45) is 5.92 Å². The van der Waals surface area contributed by atoms with Crippen molar-refractivity contribution in [2.45, 2.75) is 39.3 Å². The van der Waals surface area contributed by atoms with Crippen molar-refractivity contribution in [3.05, 3.63) is 29.6 Å². The minimum atomic E-state index is -0.527. The molecule has 0 spiro atoms. The molecule has 2 nitrogen and oxygen atoms in total. The number of aromatic hydroxyl groups is 1. The molecule has 0 aromatic heterocycles. The van der Waals surface area contributed by atoms with Crippen LogP contribution in [0.5, 0.6) is 5.75 Å². The van der Waals surface area contributed by atoms with Crippen LogP contribution in [0.25, 0.3) is 0 Å². The van der Waals surface area contributed by atoms with E-state index in [1.807, 2.05) is 0 Å². The van der Waals surface area contributed by atoms with Crippen molar-refractivity contribution in [3.63, 3.8) is 0 Å². The van der Waals surface area contributed by atoms with Gasteiger partial charge in [-0.25, -0.2) is 4.39 Å². The Labute approximate surface area is 102 Å². The molecule has 1 aromatic carbocycles. The highest BCUT2D eigenvalue weighted by Gasteiger charge is 2.23. The molecule has 1 aliphatic rings. The van der Waals surface area contributed by atoms with Crippen molar-refractivity contribution >= 4 is 0 Å². The third kappa shape index (κ3) is 2.78. The first-order valence-electron chi connectivity index (χ1n) is 6.28. The molecular weight excluding hydrogens is 217 g/mol. The zero-order valence-corrected chi connectivity index (χ0v) is 10.5. The number of nitrogens with zero attached hydrogens (tertiary/aromatic N) is 1. The van der Waals surface area contributed by atoms with Crippen molar-refractivity contribution in [3.8, 4) is 5.75 Å². The summed E-state index contributed by atoms with van der Waals surface area (Å²) >= 11 is 0. The lowest BCUT2D eigenvalue weighted by Gasteiger charge is -2.36. The number of para-hydroxylation sites is 1. The summed E-state index contributed by atoms with van der Waals surface area (Å²) in [6, 6.07) is 5.24. The van der Waals surface area contributed by atoms with Crippen LogP contribution in [-0.4, -0.2) is 22.6 Å². The van der Waals surface area contributed by atoms with Gasteiger partial charge in [0.05, 0.1) is 0 Å². The van der Waals surface area contributed by atoms with Crippen LogP contribution in [0.4, 0.5) is 4.39 Å². The van der Waals surface area contributed by atoms with E-state index in [1.165, 1.54) is 18.9 Å². The number of benzene rings is 1. The Morgan fingerprint density at radius 2 is 2.18 bits per heavy atom. The average Bonchev–Trinajstić information content (AvgIpc) is 2.28. The van der Waals surface area contributed by atoms with Crippen LogP contribution < -0.4 is 0 Å². The summed E-state index contributed by atoms with van der Waals surface area (Å²) in [5.74, 6) is 0.0428. The van der Waals surface area contributed by atoms with Gasteiger partial charge in [0, 0.05) is 18.2 Å². The van der Waals surface area contributed by atoms with Crippen molar-refractivity contribution in [1.29, 1.82) is 0 Å². The van der Waals surface area contributed by atoms with E-state index < -0.39 is 5.82 Å². The lowest BCUT2D eigenvalue weighted by atomic mass is 9.93. The predicted octanol–water partition coefficient (Wildman–Crippen LogP) is 3.15. The molecule has 1 heterocycles. The maximum Gasteiger partial charge on any atom is 0.165 e. The zero-order chi connectivity index (χ0) is 12.4. The minimum Gasteiger partial charge on any atom is -0.505 e. The summed E-state index contributed by atoms with van der Waals surface area (Å²) in [5, 5.41) is 9.66. The van der Waals surface area contributed by atoms with E-state index in [1.54, 1.807) is 12.1 Å². The van der Waals surface area contributed by atoms with E-state index in [9.17, 15) is 9.50 Å². The van der Waals surface area contributed by atoms with Crippen LogP contribution >= 0.6 is 0 Å². The summed E-state index contributed by atoms with van der Waals surface area (Å²) < 4.78 is 13.2. The quantitative estimate of drug-likeness (QED) is 0.854. The maximum atomic E-state index is 13.2. The lowest BCUT2D eigenvalue weighted by Crippen LogP contribution is -2.39. The van der Waals surface area contributed by atoms with Gasteiger partial charge in [-0.05, 0) is 38.3 Å². The Morgan fingerprint density at radius 1 is 1.41 bits per heavy atom. The molecule has 2 atom stereocenters. The van der Waals surface area contributed by atoms with E-state index in [-0.39, 0.29) is 5.75 Å². The highest BCUT2D eigenvalue weighted by molar-refractivity contribution is 5.33. The van der Waals surface area contributed by atoms with E-state index >= 15 is 0 Å². The second kappa shape index (κ2) is 5.05. The number of piperidine rings is 1. The van der Waals surface area contributed by atoms with Gasteiger partial charge in [-0.15, -0.1) is 0 Å². The molecule has 17 heavy (non-hydrogen) atoms. The molecule has 1 aromatic rings. The summed E-state index contributed by atoms with van der Waals surface area (Å²) in [5.41, 5.74) is 0.686. The van der Waals surface area contributed by atoms with E-state index in [2.05, 4.69) is 18.7 Å². The number of likely N-dealkylation sites (tertiary alicyclic amines) is 1. The van der Waals surface area contributed by atoms with E-state index in [0.717, 1.165) is 12.5 Å². The summed E-state index contributed by atoms with van der Waals surface area (Å²) in [7, 11) is 0. The number of hydrogen-bond donors (Lipinski definition) is 1.